The predicted molar refractivity (Wildman–Crippen MR) is 96.8 cm³/mol. The minimum absolute atomic E-state index is 0.383. The molecule has 0 aliphatic carbocycles. The highest BCUT2D eigenvalue weighted by Gasteiger charge is 2.04. The van der Waals surface area contributed by atoms with Crippen molar-refractivity contribution in [1.82, 2.24) is 0 Å². The Bertz CT molecular complexity index is 900. The molecule has 3 rings (SSSR count). The van der Waals surface area contributed by atoms with Crippen molar-refractivity contribution in [2.24, 2.45) is 0 Å². The van der Waals surface area contributed by atoms with Crippen molar-refractivity contribution in [3.63, 3.8) is 0 Å². The zero-order valence-electron chi connectivity index (χ0n) is 13.3. The van der Waals surface area contributed by atoms with Gasteiger partial charge in [-0.1, -0.05) is 24.3 Å². The van der Waals surface area contributed by atoms with Gasteiger partial charge in [0.2, 0.25) is 0 Å². The van der Waals surface area contributed by atoms with Crippen LogP contribution in [0.3, 0.4) is 0 Å². The van der Waals surface area contributed by atoms with Gasteiger partial charge in [0.25, 0.3) is 0 Å². The second kappa shape index (κ2) is 7.66. The van der Waals surface area contributed by atoms with Crippen LogP contribution in [0.1, 0.15) is 5.56 Å². The highest BCUT2D eigenvalue weighted by molar-refractivity contribution is 5.99. The molecule has 2 N–H and O–H groups in total. The van der Waals surface area contributed by atoms with Crippen LogP contribution in [-0.4, -0.2) is 6.03 Å². The minimum atomic E-state index is -0.383. The molecule has 5 nitrogen and oxygen atoms in total. The zero-order valence-corrected chi connectivity index (χ0v) is 13.3. The fourth-order valence-corrected chi connectivity index (χ4v) is 2.19. The molecule has 5 heteroatoms. The number of benzene rings is 3. The van der Waals surface area contributed by atoms with Crippen molar-refractivity contribution >= 4 is 17.4 Å². The lowest BCUT2D eigenvalue weighted by molar-refractivity contribution is 0.262. The molecule has 0 fully saturated rings. The average Bonchev–Trinajstić information content (AvgIpc) is 2.64. The summed E-state index contributed by atoms with van der Waals surface area (Å²) in [5.74, 6) is 1.43. The molecule has 122 valence electrons. The lowest BCUT2D eigenvalue weighted by atomic mass is 10.2. The molecule has 0 atom stereocenters. The molecular formula is C20H15N3O2. The lowest BCUT2D eigenvalue weighted by Gasteiger charge is -2.09. The Labute approximate surface area is 145 Å². The number of carbonyl (C=O) groups excluding carboxylic acids is 1. The molecule has 0 saturated carbocycles. The van der Waals surface area contributed by atoms with Gasteiger partial charge in [-0.25, -0.2) is 4.79 Å². The van der Waals surface area contributed by atoms with Gasteiger partial charge in [0.05, 0.1) is 11.6 Å². The first-order valence-corrected chi connectivity index (χ1v) is 7.64. The van der Waals surface area contributed by atoms with E-state index >= 15 is 0 Å². The van der Waals surface area contributed by atoms with E-state index in [4.69, 9.17) is 10.00 Å². The van der Waals surface area contributed by atoms with Crippen LogP contribution in [0.25, 0.3) is 0 Å². The largest absolute Gasteiger partial charge is 0.457 e. The first-order chi connectivity index (χ1) is 12.2. The van der Waals surface area contributed by atoms with E-state index in [1.165, 1.54) is 0 Å². The van der Waals surface area contributed by atoms with Gasteiger partial charge in [-0.2, -0.15) is 5.26 Å². The lowest BCUT2D eigenvalue weighted by Crippen LogP contribution is -2.19. The number of hydrogen-bond acceptors (Lipinski definition) is 3. The van der Waals surface area contributed by atoms with Crippen molar-refractivity contribution < 1.29 is 9.53 Å². The number of hydrogen-bond donors (Lipinski definition) is 2. The van der Waals surface area contributed by atoms with E-state index in [0.29, 0.717) is 22.7 Å². The third kappa shape index (κ3) is 4.60. The maximum Gasteiger partial charge on any atom is 0.323 e. The van der Waals surface area contributed by atoms with E-state index in [9.17, 15) is 4.79 Å². The van der Waals surface area contributed by atoms with Gasteiger partial charge in [0.15, 0.2) is 0 Å². The van der Waals surface area contributed by atoms with Gasteiger partial charge in [-0.05, 0) is 54.6 Å². The van der Waals surface area contributed by atoms with Crippen LogP contribution in [0.4, 0.5) is 16.2 Å². The van der Waals surface area contributed by atoms with Gasteiger partial charge in [-0.3, -0.25) is 0 Å². The summed E-state index contributed by atoms with van der Waals surface area (Å²) in [7, 11) is 0. The van der Waals surface area contributed by atoms with Gasteiger partial charge in [0, 0.05) is 11.4 Å². The molecule has 0 spiro atoms. The number of para-hydroxylation sites is 1. The number of nitriles is 1. The van der Waals surface area contributed by atoms with Gasteiger partial charge in [-0.15, -0.1) is 0 Å². The first kappa shape index (κ1) is 16.1. The monoisotopic (exact) mass is 329 g/mol. The number of amides is 2. The summed E-state index contributed by atoms with van der Waals surface area (Å²) < 4.78 is 5.70. The van der Waals surface area contributed by atoms with Gasteiger partial charge >= 0.3 is 6.03 Å². The molecule has 0 aliphatic rings. The Morgan fingerprint density at radius 1 is 0.800 bits per heavy atom. The number of rotatable bonds is 4. The summed E-state index contributed by atoms with van der Waals surface area (Å²) in [6.07, 6.45) is 0. The van der Waals surface area contributed by atoms with E-state index in [0.717, 1.165) is 5.75 Å². The van der Waals surface area contributed by atoms with Crippen LogP contribution in [0.15, 0.2) is 78.9 Å². The second-order valence-corrected chi connectivity index (χ2v) is 5.21. The smallest absolute Gasteiger partial charge is 0.323 e. The van der Waals surface area contributed by atoms with Gasteiger partial charge in [0.1, 0.15) is 11.5 Å². The molecular weight excluding hydrogens is 314 g/mol. The number of ether oxygens (including phenoxy) is 1. The Morgan fingerprint density at radius 2 is 1.48 bits per heavy atom. The van der Waals surface area contributed by atoms with E-state index < -0.39 is 0 Å². The van der Waals surface area contributed by atoms with Crippen molar-refractivity contribution in [3.8, 4) is 17.6 Å². The van der Waals surface area contributed by atoms with Crippen LogP contribution in [0, 0.1) is 11.3 Å². The van der Waals surface area contributed by atoms with Gasteiger partial charge < -0.3 is 15.4 Å². The molecule has 2 amide bonds. The summed E-state index contributed by atoms with van der Waals surface area (Å²) in [6, 6.07) is 24.9. The van der Waals surface area contributed by atoms with Crippen molar-refractivity contribution in [3.05, 3.63) is 84.4 Å². The molecule has 3 aromatic rings. The fourth-order valence-electron chi connectivity index (χ4n) is 2.19. The van der Waals surface area contributed by atoms with Crippen LogP contribution in [-0.2, 0) is 0 Å². The number of urea groups is 1. The highest BCUT2D eigenvalue weighted by Crippen LogP contribution is 2.22. The third-order valence-corrected chi connectivity index (χ3v) is 3.34. The third-order valence-electron chi connectivity index (χ3n) is 3.34. The predicted octanol–water partition coefficient (Wildman–Crippen LogP) is 4.99. The molecule has 0 saturated heterocycles. The van der Waals surface area contributed by atoms with Crippen LogP contribution in [0.2, 0.25) is 0 Å². The van der Waals surface area contributed by atoms with E-state index in [2.05, 4.69) is 10.6 Å². The van der Waals surface area contributed by atoms with E-state index in [1.807, 2.05) is 36.4 Å². The topological polar surface area (TPSA) is 74.2 Å². The Kier molecular flexibility index (Phi) is 4.93. The maximum absolute atomic E-state index is 12.0. The number of nitrogens with zero attached hydrogens (tertiary/aromatic N) is 1. The SMILES string of the molecule is N#Cc1cccc(NC(=O)Nc2ccc(Oc3ccccc3)cc2)c1. The molecule has 0 heterocycles. The quantitative estimate of drug-likeness (QED) is 0.708. The van der Waals surface area contributed by atoms with Crippen LogP contribution < -0.4 is 15.4 Å². The van der Waals surface area contributed by atoms with Crippen molar-refractivity contribution in [1.29, 1.82) is 5.26 Å². The molecule has 0 aromatic heterocycles. The first-order valence-electron chi connectivity index (χ1n) is 7.64. The normalized spacial score (nSPS) is 9.72. The molecule has 3 aromatic carbocycles. The maximum atomic E-state index is 12.0. The van der Waals surface area contributed by atoms with Crippen molar-refractivity contribution in [2.75, 3.05) is 10.6 Å². The summed E-state index contributed by atoms with van der Waals surface area (Å²) in [4.78, 5) is 12.0. The van der Waals surface area contributed by atoms with E-state index in [1.54, 1.807) is 48.5 Å². The average molecular weight is 329 g/mol. The Morgan fingerprint density at radius 3 is 2.20 bits per heavy atom. The Balaban J connectivity index is 1.59. The number of nitrogens with one attached hydrogen (secondary N) is 2. The molecule has 0 unspecified atom stereocenters. The number of anilines is 2. The van der Waals surface area contributed by atoms with Crippen molar-refractivity contribution in [2.45, 2.75) is 0 Å². The second-order valence-electron chi connectivity index (χ2n) is 5.21. The summed E-state index contributed by atoms with van der Waals surface area (Å²) >= 11 is 0. The summed E-state index contributed by atoms with van der Waals surface area (Å²) in [5, 5.41) is 14.3. The minimum Gasteiger partial charge on any atom is -0.457 e. The molecule has 0 aliphatic heterocycles. The standard InChI is InChI=1S/C20H15N3O2/c21-14-15-5-4-6-17(13-15)23-20(24)22-16-9-11-19(12-10-16)25-18-7-2-1-3-8-18/h1-13H,(H2,22,23,24). The fraction of sp³-hybridized carbons (Fsp3) is 0. The Hall–Kier alpha value is -3.78. The summed E-state index contributed by atoms with van der Waals surface area (Å²) in [6.45, 7) is 0. The van der Waals surface area contributed by atoms with Crippen LogP contribution in [0.5, 0.6) is 11.5 Å². The zero-order chi connectivity index (χ0) is 17.5. The van der Waals surface area contributed by atoms with E-state index in [-0.39, 0.29) is 6.03 Å². The molecule has 25 heavy (non-hydrogen) atoms. The summed E-state index contributed by atoms with van der Waals surface area (Å²) in [5.41, 5.74) is 1.68. The molecule has 0 radical (unpaired) electrons. The number of carbonyl (C=O) groups is 1. The highest BCUT2D eigenvalue weighted by atomic mass is 16.5. The van der Waals surface area contributed by atoms with Crippen LogP contribution >= 0.6 is 0 Å². The molecule has 0 bridgehead atoms.